The van der Waals surface area contributed by atoms with Gasteiger partial charge in [0, 0.05) is 36.8 Å². The fourth-order valence-electron chi connectivity index (χ4n) is 3.44. The van der Waals surface area contributed by atoms with Crippen LogP contribution < -0.4 is 5.56 Å². The van der Waals surface area contributed by atoms with Gasteiger partial charge in [0.25, 0.3) is 5.56 Å². The van der Waals surface area contributed by atoms with Crippen molar-refractivity contribution in [1.29, 1.82) is 0 Å². The molecule has 5 nitrogen and oxygen atoms in total. The van der Waals surface area contributed by atoms with Crippen LogP contribution in [0.15, 0.2) is 45.4 Å². The van der Waals surface area contributed by atoms with Crippen LogP contribution in [0.25, 0.3) is 0 Å². The second kappa shape index (κ2) is 9.96. The Morgan fingerprint density at radius 1 is 1.23 bits per heavy atom. The molecule has 2 heterocycles. The highest BCUT2D eigenvalue weighted by Crippen LogP contribution is 2.19. The fraction of sp³-hybridized carbons (Fsp3) is 0.520. The Kier molecular flexibility index (Phi) is 7.88. The van der Waals surface area contributed by atoms with Crippen LogP contribution in [-0.2, 0) is 13.0 Å². The van der Waals surface area contributed by atoms with Crippen LogP contribution in [0, 0.1) is 12.8 Å². The van der Waals surface area contributed by atoms with Crippen molar-refractivity contribution in [2.45, 2.75) is 80.3 Å². The number of nitrogens with zero attached hydrogens (tertiary/aromatic N) is 4. The average molecular weight is 409 g/mol. The van der Waals surface area contributed by atoms with E-state index in [2.05, 4.69) is 18.8 Å². The Morgan fingerprint density at radius 2 is 1.93 bits per heavy atom. The molecule has 1 atom stereocenters. The van der Waals surface area contributed by atoms with Gasteiger partial charge in [0.05, 0.1) is 11.1 Å². The standard InChI is InChI=1S/C25H36N4O/c1-9-18(4)21(27-22-15-17(3)11-13-26-22)16-20-12-14-29(10-2)24(30)23(20)19(5)28-25(6,7)8/h11-15,18H,9-10,16H2,1-8H3. The molecule has 2 rings (SSSR count). The van der Waals surface area contributed by atoms with E-state index in [1.54, 1.807) is 10.8 Å². The summed E-state index contributed by atoms with van der Waals surface area (Å²) < 4.78 is 1.74. The van der Waals surface area contributed by atoms with Crippen LogP contribution in [0.5, 0.6) is 0 Å². The predicted molar refractivity (Wildman–Crippen MR) is 128 cm³/mol. The number of aromatic nitrogens is 2. The van der Waals surface area contributed by atoms with Gasteiger partial charge < -0.3 is 4.57 Å². The second-order valence-corrected chi connectivity index (χ2v) is 8.96. The zero-order valence-electron chi connectivity index (χ0n) is 19.8. The second-order valence-electron chi connectivity index (χ2n) is 8.96. The molecule has 0 aromatic carbocycles. The van der Waals surface area contributed by atoms with E-state index >= 15 is 0 Å². The van der Waals surface area contributed by atoms with Crippen molar-refractivity contribution in [1.82, 2.24) is 9.55 Å². The molecule has 0 amide bonds. The predicted octanol–water partition coefficient (Wildman–Crippen LogP) is 5.54. The maximum Gasteiger partial charge on any atom is 0.259 e. The van der Waals surface area contributed by atoms with Crippen LogP contribution >= 0.6 is 0 Å². The van der Waals surface area contributed by atoms with Gasteiger partial charge in [-0.15, -0.1) is 0 Å². The van der Waals surface area contributed by atoms with E-state index in [4.69, 9.17) is 9.98 Å². The van der Waals surface area contributed by atoms with Gasteiger partial charge in [-0.2, -0.15) is 0 Å². The van der Waals surface area contributed by atoms with E-state index in [-0.39, 0.29) is 17.0 Å². The Bertz CT molecular complexity index is 993. The quantitative estimate of drug-likeness (QED) is 0.565. The minimum absolute atomic E-state index is 0.0117. The number of aliphatic imine (C=N–C) groups is 2. The molecule has 0 aliphatic rings. The van der Waals surface area contributed by atoms with Gasteiger partial charge in [0.1, 0.15) is 0 Å². The first kappa shape index (κ1) is 23.7. The zero-order chi connectivity index (χ0) is 22.5. The molecule has 2 aromatic heterocycles. The molecule has 0 fully saturated rings. The molecular formula is C25H36N4O. The lowest BCUT2D eigenvalue weighted by molar-refractivity contribution is 0.583. The van der Waals surface area contributed by atoms with Crippen molar-refractivity contribution in [2.75, 3.05) is 0 Å². The van der Waals surface area contributed by atoms with Crippen molar-refractivity contribution in [3.8, 4) is 0 Å². The van der Waals surface area contributed by atoms with Crippen LogP contribution in [-0.4, -0.2) is 26.5 Å². The molecule has 0 bridgehead atoms. The molecule has 0 spiro atoms. The summed E-state index contributed by atoms with van der Waals surface area (Å²) in [5.41, 5.74) is 4.38. The molecule has 2 aromatic rings. The van der Waals surface area contributed by atoms with Gasteiger partial charge in [-0.3, -0.25) is 9.79 Å². The van der Waals surface area contributed by atoms with Gasteiger partial charge in [0.2, 0.25) is 0 Å². The number of hydrogen-bond acceptors (Lipinski definition) is 4. The number of pyridine rings is 2. The van der Waals surface area contributed by atoms with Crippen LogP contribution in [0.3, 0.4) is 0 Å². The molecule has 162 valence electrons. The third-order valence-electron chi connectivity index (χ3n) is 5.17. The normalized spacial score (nSPS) is 14.1. The lowest BCUT2D eigenvalue weighted by atomic mass is 9.93. The molecule has 30 heavy (non-hydrogen) atoms. The minimum Gasteiger partial charge on any atom is -0.315 e. The van der Waals surface area contributed by atoms with Gasteiger partial charge in [-0.25, -0.2) is 9.98 Å². The van der Waals surface area contributed by atoms with E-state index in [1.165, 1.54) is 0 Å². The summed E-state index contributed by atoms with van der Waals surface area (Å²) in [5.74, 6) is 1.00. The Morgan fingerprint density at radius 3 is 2.50 bits per heavy atom. The molecule has 5 heteroatoms. The fourth-order valence-corrected chi connectivity index (χ4v) is 3.44. The van der Waals surface area contributed by atoms with E-state index in [9.17, 15) is 4.79 Å². The third-order valence-corrected chi connectivity index (χ3v) is 5.17. The summed E-state index contributed by atoms with van der Waals surface area (Å²) in [4.78, 5) is 27.3. The van der Waals surface area contributed by atoms with E-state index in [1.807, 2.05) is 65.9 Å². The van der Waals surface area contributed by atoms with Gasteiger partial charge >= 0.3 is 0 Å². The lowest BCUT2D eigenvalue weighted by Crippen LogP contribution is -2.29. The van der Waals surface area contributed by atoms with Crippen LogP contribution in [0.1, 0.15) is 71.6 Å². The first-order valence-electron chi connectivity index (χ1n) is 10.8. The molecule has 0 saturated carbocycles. The van der Waals surface area contributed by atoms with E-state index in [0.717, 1.165) is 29.0 Å². The highest BCUT2D eigenvalue weighted by atomic mass is 16.1. The highest BCUT2D eigenvalue weighted by Gasteiger charge is 2.19. The van der Waals surface area contributed by atoms with E-state index < -0.39 is 0 Å². The Labute approximate surface area is 181 Å². The molecule has 0 N–H and O–H groups in total. The van der Waals surface area contributed by atoms with Crippen molar-refractivity contribution < 1.29 is 0 Å². The van der Waals surface area contributed by atoms with Gasteiger partial charge in [-0.05, 0) is 83.2 Å². The summed E-state index contributed by atoms with van der Waals surface area (Å²) in [7, 11) is 0. The van der Waals surface area contributed by atoms with Crippen LogP contribution in [0.2, 0.25) is 0 Å². The lowest BCUT2D eigenvalue weighted by Gasteiger charge is -2.19. The Balaban J connectivity index is 2.62. The number of aryl methyl sites for hydroxylation is 2. The van der Waals surface area contributed by atoms with Crippen molar-refractivity contribution in [3.05, 3.63) is 57.6 Å². The van der Waals surface area contributed by atoms with Gasteiger partial charge in [0.15, 0.2) is 5.82 Å². The first-order chi connectivity index (χ1) is 14.1. The maximum absolute atomic E-state index is 13.2. The molecule has 1 unspecified atom stereocenters. The summed E-state index contributed by atoms with van der Waals surface area (Å²) in [6.45, 7) is 17.1. The van der Waals surface area contributed by atoms with Crippen molar-refractivity contribution in [3.63, 3.8) is 0 Å². The molecule has 0 saturated heterocycles. The topological polar surface area (TPSA) is 59.6 Å². The smallest absolute Gasteiger partial charge is 0.259 e. The molecular weight excluding hydrogens is 372 g/mol. The highest BCUT2D eigenvalue weighted by molar-refractivity contribution is 6.01. The number of hydrogen-bond donors (Lipinski definition) is 0. The summed E-state index contributed by atoms with van der Waals surface area (Å²) in [6, 6.07) is 6.00. The SMILES string of the molecule is CCC(C)C(Cc1ccn(CC)c(=O)c1C(C)=NC(C)(C)C)=Nc1cc(C)ccn1. The van der Waals surface area contributed by atoms with Gasteiger partial charge in [-0.1, -0.05) is 13.8 Å². The summed E-state index contributed by atoms with van der Waals surface area (Å²) in [6.07, 6.45) is 5.25. The van der Waals surface area contributed by atoms with E-state index in [0.29, 0.717) is 24.3 Å². The largest absolute Gasteiger partial charge is 0.315 e. The van der Waals surface area contributed by atoms with Crippen LogP contribution in [0.4, 0.5) is 5.82 Å². The van der Waals surface area contributed by atoms with Crippen molar-refractivity contribution >= 4 is 17.2 Å². The minimum atomic E-state index is -0.250. The van der Waals surface area contributed by atoms with Crippen molar-refractivity contribution in [2.24, 2.45) is 15.9 Å². The third kappa shape index (κ3) is 6.22. The summed E-state index contributed by atoms with van der Waals surface area (Å²) >= 11 is 0. The molecule has 0 aliphatic carbocycles. The Hall–Kier alpha value is -2.56. The first-order valence-corrected chi connectivity index (χ1v) is 10.8. The zero-order valence-corrected chi connectivity index (χ0v) is 19.8. The monoisotopic (exact) mass is 408 g/mol. The average Bonchev–Trinajstić information content (AvgIpc) is 2.65. The summed E-state index contributed by atoms with van der Waals surface area (Å²) in [5, 5.41) is 0. The molecule has 0 radical (unpaired) electrons. The number of rotatable bonds is 7. The maximum atomic E-state index is 13.2. The molecule has 0 aliphatic heterocycles.